The summed E-state index contributed by atoms with van der Waals surface area (Å²) in [5.41, 5.74) is 0. The zero-order valence-corrected chi connectivity index (χ0v) is 10.2. The molecule has 6 nitrogen and oxygen atoms in total. The molecule has 0 radical (unpaired) electrons. The molecule has 0 bridgehead atoms. The van der Waals surface area contributed by atoms with Gasteiger partial charge in [0.25, 0.3) is 0 Å². The highest BCUT2D eigenvalue weighted by Gasteiger charge is 2.23. The van der Waals surface area contributed by atoms with Gasteiger partial charge in [0.1, 0.15) is 5.00 Å². The zero-order chi connectivity index (χ0) is 12.1. The molecular formula is C10H16N4O2S. The van der Waals surface area contributed by atoms with Gasteiger partial charge >= 0.3 is 6.03 Å². The van der Waals surface area contributed by atoms with E-state index in [4.69, 9.17) is 0 Å². The van der Waals surface area contributed by atoms with Crippen molar-refractivity contribution in [3.05, 3.63) is 6.20 Å². The molecule has 2 atom stereocenters. The largest absolute Gasteiger partial charge is 0.393 e. The predicted molar refractivity (Wildman–Crippen MR) is 64.9 cm³/mol. The molecule has 1 aromatic heterocycles. The quantitative estimate of drug-likeness (QED) is 0.758. The highest BCUT2D eigenvalue weighted by Crippen LogP contribution is 2.23. The van der Waals surface area contributed by atoms with Gasteiger partial charge in [-0.2, -0.15) is 0 Å². The first-order chi connectivity index (χ1) is 8.25. The lowest BCUT2D eigenvalue weighted by Crippen LogP contribution is -2.38. The Morgan fingerprint density at radius 2 is 2.35 bits per heavy atom. The number of urea groups is 1. The molecule has 2 amide bonds. The van der Waals surface area contributed by atoms with Crippen molar-refractivity contribution in [3.63, 3.8) is 0 Å². The van der Waals surface area contributed by atoms with Crippen molar-refractivity contribution in [2.75, 3.05) is 11.9 Å². The molecule has 0 aromatic carbocycles. The Hall–Kier alpha value is -1.21. The van der Waals surface area contributed by atoms with Gasteiger partial charge in [-0.15, -0.1) is 5.10 Å². The molecule has 0 aliphatic heterocycles. The second kappa shape index (κ2) is 5.92. The average molecular weight is 256 g/mol. The van der Waals surface area contributed by atoms with Crippen LogP contribution >= 0.6 is 11.5 Å². The van der Waals surface area contributed by atoms with Crippen LogP contribution in [0, 0.1) is 5.92 Å². The van der Waals surface area contributed by atoms with Crippen molar-refractivity contribution >= 4 is 22.6 Å². The predicted octanol–water partition coefficient (Wildman–Crippen LogP) is 1.21. The normalized spacial score (nSPS) is 24.3. The Kier molecular flexibility index (Phi) is 4.27. The molecule has 1 heterocycles. The number of aliphatic hydroxyl groups is 1. The summed E-state index contributed by atoms with van der Waals surface area (Å²) in [6.45, 7) is 0.513. The van der Waals surface area contributed by atoms with Gasteiger partial charge in [-0.1, -0.05) is 17.3 Å². The molecule has 1 saturated carbocycles. The minimum atomic E-state index is -0.283. The molecule has 1 aliphatic carbocycles. The summed E-state index contributed by atoms with van der Waals surface area (Å²) in [4.78, 5) is 11.5. The van der Waals surface area contributed by atoms with Crippen LogP contribution in [0.25, 0.3) is 0 Å². The zero-order valence-electron chi connectivity index (χ0n) is 9.43. The molecule has 2 rings (SSSR count). The Labute approximate surface area is 104 Å². The summed E-state index contributed by atoms with van der Waals surface area (Å²) in [5, 5.41) is 19.4. The topological polar surface area (TPSA) is 87.1 Å². The Morgan fingerprint density at radius 3 is 3.06 bits per heavy atom. The van der Waals surface area contributed by atoms with Crippen molar-refractivity contribution < 1.29 is 9.90 Å². The van der Waals surface area contributed by atoms with Crippen LogP contribution in [0.2, 0.25) is 0 Å². The highest BCUT2D eigenvalue weighted by molar-refractivity contribution is 7.10. The molecule has 94 valence electrons. The first-order valence-electron chi connectivity index (χ1n) is 5.76. The van der Waals surface area contributed by atoms with E-state index < -0.39 is 0 Å². The van der Waals surface area contributed by atoms with Crippen LogP contribution < -0.4 is 10.6 Å². The summed E-state index contributed by atoms with van der Waals surface area (Å²) in [7, 11) is 0. The number of carbonyl (C=O) groups excluding carboxylic acids is 1. The van der Waals surface area contributed by atoms with Crippen molar-refractivity contribution in [3.8, 4) is 0 Å². The Balaban J connectivity index is 1.72. The van der Waals surface area contributed by atoms with Crippen molar-refractivity contribution in [2.45, 2.75) is 31.8 Å². The summed E-state index contributed by atoms with van der Waals surface area (Å²) in [6, 6.07) is -0.270. The van der Waals surface area contributed by atoms with Gasteiger partial charge in [0.05, 0.1) is 12.3 Å². The Bertz CT molecular complexity index is 357. The SMILES string of the molecule is O=C(NC[C@@H]1CCCC[C@@H]1O)Nc1cnns1. The summed E-state index contributed by atoms with van der Waals surface area (Å²) < 4.78 is 3.65. The van der Waals surface area contributed by atoms with Gasteiger partial charge in [0.2, 0.25) is 0 Å². The molecule has 0 spiro atoms. The fraction of sp³-hybridized carbons (Fsp3) is 0.700. The molecule has 17 heavy (non-hydrogen) atoms. The van der Waals surface area contributed by atoms with Crippen LogP contribution in [0.4, 0.5) is 9.80 Å². The van der Waals surface area contributed by atoms with Crippen LogP contribution in [0.5, 0.6) is 0 Å². The maximum Gasteiger partial charge on any atom is 0.319 e. The lowest BCUT2D eigenvalue weighted by Gasteiger charge is -2.27. The number of aliphatic hydroxyl groups excluding tert-OH is 1. The van der Waals surface area contributed by atoms with Gasteiger partial charge in [-0.05, 0) is 12.8 Å². The standard InChI is InChI=1S/C10H16N4O2S/c15-8-4-2-1-3-7(8)5-11-10(16)13-9-6-12-14-17-9/h6-8,15H,1-5H2,(H2,11,13,16)/t7-,8-/m0/s1. The van der Waals surface area contributed by atoms with E-state index in [0.29, 0.717) is 11.5 Å². The van der Waals surface area contributed by atoms with E-state index in [9.17, 15) is 9.90 Å². The van der Waals surface area contributed by atoms with Gasteiger partial charge in [-0.3, -0.25) is 5.32 Å². The number of rotatable bonds is 3. The van der Waals surface area contributed by atoms with E-state index in [-0.39, 0.29) is 18.1 Å². The van der Waals surface area contributed by atoms with Crippen LogP contribution in [-0.2, 0) is 0 Å². The summed E-state index contributed by atoms with van der Waals surface area (Å²) in [5.74, 6) is 0.175. The maximum atomic E-state index is 11.5. The number of amides is 2. The smallest absolute Gasteiger partial charge is 0.319 e. The molecule has 1 fully saturated rings. The van der Waals surface area contributed by atoms with Crippen molar-refractivity contribution in [2.24, 2.45) is 5.92 Å². The lowest BCUT2D eigenvalue weighted by atomic mass is 9.86. The van der Waals surface area contributed by atoms with Gasteiger partial charge in [0.15, 0.2) is 0 Å². The fourth-order valence-corrected chi connectivity index (χ4v) is 2.44. The van der Waals surface area contributed by atoms with Crippen LogP contribution in [0.1, 0.15) is 25.7 Å². The number of carbonyl (C=O) groups is 1. The van der Waals surface area contributed by atoms with Gasteiger partial charge < -0.3 is 10.4 Å². The first kappa shape index (κ1) is 12.3. The fourth-order valence-electron chi connectivity index (χ4n) is 2.03. The number of hydrogen-bond donors (Lipinski definition) is 3. The lowest BCUT2D eigenvalue weighted by molar-refractivity contribution is 0.0712. The Morgan fingerprint density at radius 1 is 1.53 bits per heavy atom. The average Bonchev–Trinajstić information content (AvgIpc) is 2.81. The molecule has 1 aromatic rings. The third-order valence-corrected chi connectivity index (χ3v) is 3.57. The maximum absolute atomic E-state index is 11.5. The number of nitrogens with zero attached hydrogens (tertiary/aromatic N) is 2. The van der Waals surface area contributed by atoms with Gasteiger partial charge in [-0.25, -0.2) is 4.79 Å². The number of hydrogen-bond acceptors (Lipinski definition) is 5. The molecular weight excluding hydrogens is 240 g/mol. The first-order valence-corrected chi connectivity index (χ1v) is 6.53. The second-order valence-corrected chi connectivity index (χ2v) is 5.01. The summed E-state index contributed by atoms with van der Waals surface area (Å²) >= 11 is 1.13. The van der Waals surface area contributed by atoms with Crippen molar-refractivity contribution in [1.29, 1.82) is 0 Å². The molecule has 7 heteroatoms. The van der Waals surface area contributed by atoms with Crippen molar-refractivity contribution in [1.82, 2.24) is 14.9 Å². The van der Waals surface area contributed by atoms with E-state index in [1.807, 2.05) is 0 Å². The van der Waals surface area contributed by atoms with E-state index in [1.54, 1.807) is 0 Å². The highest BCUT2D eigenvalue weighted by atomic mass is 32.1. The minimum Gasteiger partial charge on any atom is -0.393 e. The van der Waals surface area contributed by atoms with E-state index >= 15 is 0 Å². The number of nitrogens with one attached hydrogen (secondary N) is 2. The van der Waals surface area contributed by atoms with E-state index in [1.165, 1.54) is 6.20 Å². The van der Waals surface area contributed by atoms with E-state index in [0.717, 1.165) is 37.2 Å². The minimum absolute atomic E-state index is 0.175. The van der Waals surface area contributed by atoms with Crippen LogP contribution in [0.15, 0.2) is 6.20 Å². The van der Waals surface area contributed by atoms with Crippen LogP contribution in [-0.4, -0.2) is 33.4 Å². The third kappa shape index (κ3) is 3.64. The molecule has 0 unspecified atom stereocenters. The van der Waals surface area contributed by atoms with Gasteiger partial charge in [0, 0.05) is 24.0 Å². The third-order valence-electron chi connectivity index (χ3n) is 2.99. The molecule has 3 N–H and O–H groups in total. The molecule has 1 aliphatic rings. The second-order valence-electron chi connectivity index (χ2n) is 4.23. The monoisotopic (exact) mass is 256 g/mol. The summed E-state index contributed by atoms with van der Waals surface area (Å²) in [6.07, 6.45) is 5.24. The molecule has 0 saturated heterocycles. The van der Waals surface area contributed by atoms with Crippen LogP contribution in [0.3, 0.4) is 0 Å². The van der Waals surface area contributed by atoms with E-state index in [2.05, 4.69) is 20.2 Å². The number of aromatic nitrogens is 2. The number of anilines is 1.